The van der Waals surface area contributed by atoms with E-state index in [2.05, 4.69) is 0 Å². The maximum atomic E-state index is 13.7. The highest BCUT2D eigenvalue weighted by Gasteiger charge is 2.41. The van der Waals surface area contributed by atoms with E-state index < -0.39 is 16.1 Å². The lowest BCUT2D eigenvalue weighted by Gasteiger charge is -2.26. The Morgan fingerprint density at radius 1 is 0.968 bits per heavy atom. The average molecular weight is 454 g/mol. The molecule has 4 nitrogen and oxygen atoms in total. The van der Waals surface area contributed by atoms with Gasteiger partial charge in [0.25, 0.3) is 0 Å². The third-order valence-electron chi connectivity index (χ3n) is 5.64. The molecule has 0 amide bonds. The SMILES string of the molecule is COc1ccc(C2C(CCl)=C(c3ccccc3)CN2S(=O)(=O)c2ccc(C)cc2)cc1. The Balaban J connectivity index is 1.86. The summed E-state index contributed by atoms with van der Waals surface area (Å²) in [6, 6.07) is 23.8. The number of methoxy groups -OCH3 is 1. The molecule has 1 heterocycles. The first kappa shape index (κ1) is 21.6. The molecule has 0 bridgehead atoms. The molecule has 0 saturated heterocycles. The summed E-state index contributed by atoms with van der Waals surface area (Å²) in [7, 11) is -2.14. The van der Waals surface area contributed by atoms with Crippen LogP contribution in [-0.2, 0) is 10.0 Å². The smallest absolute Gasteiger partial charge is 0.244 e. The number of rotatable bonds is 6. The molecule has 0 aliphatic carbocycles. The maximum Gasteiger partial charge on any atom is 0.244 e. The van der Waals surface area contributed by atoms with Crippen LogP contribution >= 0.6 is 11.6 Å². The Morgan fingerprint density at radius 2 is 1.61 bits per heavy atom. The zero-order valence-corrected chi connectivity index (χ0v) is 19.0. The van der Waals surface area contributed by atoms with Crippen molar-refractivity contribution in [2.75, 3.05) is 19.5 Å². The number of alkyl halides is 1. The summed E-state index contributed by atoms with van der Waals surface area (Å²) in [6.07, 6.45) is 0. The van der Waals surface area contributed by atoms with Crippen LogP contribution < -0.4 is 4.74 Å². The van der Waals surface area contributed by atoms with Gasteiger partial charge in [-0.3, -0.25) is 0 Å². The highest BCUT2D eigenvalue weighted by molar-refractivity contribution is 7.89. The van der Waals surface area contributed by atoms with Crippen LogP contribution in [0, 0.1) is 6.92 Å². The highest BCUT2D eigenvalue weighted by Crippen LogP contribution is 2.44. The minimum atomic E-state index is -3.75. The molecule has 0 aromatic heterocycles. The Hall–Kier alpha value is -2.60. The van der Waals surface area contributed by atoms with E-state index in [0.29, 0.717) is 0 Å². The zero-order valence-electron chi connectivity index (χ0n) is 17.5. The summed E-state index contributed by atoms with van der Waals surface area (Å²) in [5, 5.41) is 0. The van der Waals surface area contributed by atoms with Gasteiger partial charge >= 0.3 is 0 Å². The minimum absolute atomic E-state index is 0.237. The number of hydrogen-bond acceptors (Lipinski definition) is 3. The summed E-state index contributed by atoms with van der Waals surface area (Å²) in [4.78, 5) is 0.278. The predicted octanol–water partition coefficient (Wildman–Crippen LogP) is 5.44. The predicted molar refractivity (Wildman–Crippen MR) is 125 cm³/mol. The summed E-state index contributed by atoms with van der Waals surface area (Å²) in [5.41, 5.74) is 4.70. The zero-order chi connectivity index (χ0) is 22.0. The van der Waals surface area contributed by atoms with E-state index in [9.17, 15) is 8.42 Å². The molecule has 1 aliphatic heterocycles. The molecule has 31 heavy (non-hydrogen) atoms. The Labute approximate surface area is 188 Å². The summed E-state index contributed by atoms with van der Waals surface area (Å²) in [5.74, 6) is 0.954. The molecular formula is C25H24ClNO3S. The molecule has 1 unspecified atom stereocenters. The van der Waals surface area contributed by atoms with E-state index in [0.717, 1.165) is 33.6 Å². The largest absolute Gasteiger partial charge is 0.497 e. The first-order chi connectivity index (χ1) is 15.0. The molecule has 160 valence electrons. The molecule has 1 atom stereocenters. The van der Waals surface area contributed by atoms with Crippen LogP contribution in [0.3, 0.4) is 0 Å². The highest BCUT2D eigenvalue weighted by atomic mass is 35.5. The van der Waals surface area contributed by atoms with Crippen LogP contribution in [0.15, 0.2) is 89.3 Å². The van der Waals surface area contributed by atoms with Gasteiger partial charge in [0.2, 0.25) is 10.0 Å². The second kappa shape index (κ2) is 8.87. The molecule has 0 fully saturated rings. The molecular weight excluding hydrogens is 430 g/mol. The van der Waals surface area contributed by atoms with Crippen molar-refractivity contribution < 1.29 is 13.2 Å². The number of hydrogen-bond donors (Lipinski definition) is 0. The number of halogens is 1. The quantitative estimate of drug-likeness (QED) is 0.467. The van der Waals surface area contributed by atoms with Gasteiger partial charge in [0.15, 0.2) is 0 Å². The topological polar surface area (TPSA) is 46.6 Å². The first-order valence-electron chi connectivity index (χ1n) is 10.0. The summed E-state index contributed by atoms with van der Waals surface area (Å²) in [6.45, 7) is 2.20. The van der Waals surface area contributed by atoms with Crippen molar-refractivity contribution in [2.24, 2.45) is 0 Å². The van der Waals surface area contributed by atoms with Crippen LogP contribution in [0.2, 0.25) is 0 Å². The van der Waals surface area contributed by atoms with Gasteiger partial charge in [-0.1, -0.05) is 60.2 Å². The van der Waals surface area contributed by atoms with Crippen molar-refractivity contribution in [3.63, 3.8) is 0 Å². The lowest BCUT2D eigenvalue weighted by Crippen LogP contribution is -2.32. The Morgan fingerprint density at radius 3 is 2.19 bits per heavy atom. The third-order valence-corrected chi connectivity index (χ3v) is 7.76. The third kappa shape index (κ3) is 4.13. The summed E-state index contributed by atoms with van der Waals surface area (Å²) >= 11 is 6.43. The van der Waals surface area contributed by atoms with Gasteiger partial charge in [0.05, 0.1) is 18.0 Å². The van der Waals surface area contributed by atoms with Crippen LogP contribution in [0.4, 0.5) is 0 Å². The normalized spacial score (nSPS) is 17.2. The Kier molecular flexibility index (Phi) is 6.19. The summed E-state index contributed by atoms with van der Waals surface area (Å²) < 4.78 is 34.3. The molecule has 4 rings (SSSR count). The van der Waals surface area contributed by atoms with Gasteiger partial charge in [0, 0.05) is 12.4 Å². The number of sulfonamides is 1. The molecule has 0 radical (unpaired) electrons. The van der Waals surface area contributed by atoms with Gasteiger partial charge in [-0.15, -0.1) is 11.6 Å². The Bertz CT molecular complexity index is 1190. The maximum absolute atomic E-state index is 13.7. The second-order valence-electron chi connectivity index (χ2n) is 7.54. The van der Waals surface area contributed by atoms with Crippen molar-refractivity contribution in [3.05, 3.63) is 101 Å². The fraction of sp³-hybridized carbons (Fsp3) is 0.200. The molecule has 1 aliphatic rings. The van der Waals surface area contributed by atoms with Crippen molar-refractivity contribution in [2.45, 2.75) is 17.9 Å². The number of aryl methyl sites for hydroxylation is 1. The van der Waals surface area contributed by atoms with Crippen LogP contribution in [-0.4, -0.2) is 32.3 Å². The van der Waals surface area contributed by atoms with Gasteiger partial charge < -0.3 is 4.74 Å². The lowest BCUT2D eigenvalue weighted by atomic mass is 9.96. The number of benzene rings is 3. The molecule has 0 saturated carbocycles. The van der Waals surface area contributed by atoms with Crippen molar-refractivity contribution in [3.8, 4) is 5.75 Å². The van der Waals surface area contributed by atoms with E-state index in [1.165, 1.54) is 0 Å². The molecule has 3 aromatic carbocycles. The molecule has 0 N–H and O–H groups in total. The van der Waals surface area contributed by atoms with Gasteiger partial charge in [-0.25, -0.2) is 8.42 Å². The van der Waals surface area contributed by atoms with Crippen molar-refractivity contribution >= 4 is 27.2 Å². The van der Waals surface area contributed by atoms with Gasteiger partial charge in [0.1, 0.15) is 5.75 Å². The fourth-order valence-corrected chi connectivity index (χ4v) is 5.86. The molecule has 0 spiro atoms. The first-order valence-corrected chi connectivity index (χ1v) is 12.0. The van der Waals surface area contributed by atoms with Gasteiger partial charge in [-0.2, -0.15) is 4.31 Å². The standard InChI is InChI=1S/C25H24ClNO3S/c1-18-8-14-22(15-9-18)31(28,29)27-17-24(19-6-4-3-5-7-19)23(16-26)25(27)20-10-12-21(30-2)13-11-20/h3-15,25H,16-17H2,1-2H3. The monoisotopic (exact) mass is 453 g/mol. The molecule has 6 heteroatoms. The van der Waals surface area contributed by atoms with E-state index in [-0.39, 0.29) is 17.3 Å². The molecule has 3 aromatic rings. The van der Waals surface area contributed by atoms with Gasteiger partial charge in [-0.05, 0) is 53.5 Å². The van der Waals surface area contributed by atoms with Crippen LogP contribution in [0.1, 0.15) is 22.7 Å². The van der Waals surface area contributed by atoms with E-state index >= 15 is 0 Å². The fourth-order valence-electron chi connectivity index (χ4n) is 3.98. The van der Waals surface area contributed by atoms with Crippen molar-refractivity contribution in [1.29, 1.82) is 0 Å². The van der Waals surface area contributed by atoms with Crippen LogP contribution in [0.25, 0.3) is 5.57 Å². The van der Waals surface area contributed by atoms with Crippen molar-refractivity contribution in [1.82, 2.24) is 4.31 Å². The van der Waals surface area contributed by atoms with E-state index in [1.54, 1.807) is 23.5 Å². The number of ether oxygens (including phenoxy) is 1. The van der Waals surface area contributed by atoms with E-state index in [4.69, 9.17) is 16.3 Å². The average Bonchev–Trinajstić information content (AvgIpc) is 3.20. The van der Waals surface area contributed by atoms with Crippen LogP contribution in [0.5, 0.6) is 5.75 Å². The minimum Gasteiger partial charge on any atom is -0.497 e. The second-order valence-corrected chi connectivity index (χ2v) is 9.70. The number of nitrogens with zero attached hydrogens (tertiary/aromatic N) is 1. The van der Waals surface area contributed by atoms with E-state index in [1.807, 2.05) is 73.7 Å². The lowest BCUT2D eigenvalue weighted by molar-refractivity contribution is 0.406.